The number of rotatable bonds is 8. The second-order valence-corrected chi connectivity index (χ2v) is 10.0. The number of benzene rings is 2. The number of phenols is 3. The molecule has 0 aliphatic carbocycles. The minimum absolute atomic E-state index is 0.00568. The normalized spacial score (nSPS) is 14.8. The molecule has 8 heteroatoms. The zero-order chi connectivity index (χ0) is 23.8. The summed E-state index contributed by atoms with van der Waals surface area (Å²) in [6.45, 7) is 9.05. The molecular formula is C25H32N2O4S2. The van der Waals surface area contributed by atoms with E-state index in [0.29, 0.717) is 24.0 Å². The zero-order valence-electron chi connectivity index (χ0n) is 19.1. The van der Waals surface area contributed by atoms with Gasteiger partial charge in [-0.25, -0.2) is 0 Å². The van der Waals surface area contributed by atoms with Crippen LogP contribution in [0.25, 0.3) is 12.2 Å². The quantitative estimate of drug-likeness (QED) is 0.278. The summed E-state index contributed by atoms with van der Waals surface area (Å²) in [6, 6.07) is 10.1. The van der Waals surface area contributed by atoms with Crippen molar-refractivity contribution in [1.82, 2.24) is 9.80 Å². The monoisotopic (exact) mass is 488 g/mol. The Morgan fingerprint density at radius 1 is 1.00 bits per heavy atom. The number of phenolic OH excluding ortho intramolecular Hbond substituents is 3. The second-order valence-electron chi connectivity index (χ2n) is 8.28. The van der Waals surface area contributed by atoms with E-state index in [4.69, 9.17) is 17.0 Å². The Hall–Kier alpha value is -2.42. The lowest BCUT2D eigenvalue weighted by Gasteiger charge is -2.37. The fourth-order valence-electron chi connectivity index (χ4n) is 3.58. The van der Waals surface area contributed by atoms with E-state index in [-0.39, 0.29) is 17.2 Å². The standard InChI is InChI=1S/C25H32N2O4S2/c1-18(2)26-8-10-27(11-9-26)25(32)33-13-3-12-31-24-7-6-19(16-23(24)30)4-5-20-14-21(28)17-22(29)15-20/h4-7,14-18,28-30H,3,8-13H2,1-2H3/b5-4+. The van der Waals surface area contributed by atoms with Gasteiger partial charge in [-0.05, 0) is 55.7 Å². The van der Waals surface area contributed by atoms with Crippen LogP contribution in [-0.4, -0.2) is 74.0 Å². The van der Waals surface area contributed by atoms with Crippen molar-refractivity contribution in [3.05, 3.63) is 47.5 Å². The van der Waals surface area contributed by atoms with Crippen molar-refractivity contribution in [3.8, 4) is 23.0 Å². The first-order valence-electron chi connectivity index (χ1n) is 11.1. The van der Waals surface area contributed by atoms with E-state index in [1.54, 1.807) is 48.2 Å². The van der Waals surface area contributed by atoms with Gasteiger partial charge in [0.05, 0.1) is 6.61 Å². The molecule has 1 aliphatic rings. The van der Waals surface area contributed by atoms with Crippen molar-refractivity contribution >= 4 is 40.5 Å². The van der Waals surface area contributed by atoms with E-state index in [9.17, 15) is 15.3 Å². The van der Waals surface area contributed by atoms with Gasteiger partial charge in [0.2, 0.25) is 0 Å². The van der Waals surface area contributed by atoms with Crippen molar-refractivity contribution in [1.29, 1.82) is 0 Å². The minimum Gasteiger partial charge on any atom is -0.508 e. The first-order chi connectivity index (χ1) is 15.8. The molecular weight excluding hydrogens is 456 g/mol. The lowest BCUT2D eigenvalue weighted by atomic mass is 10.1. The van der Waals surface area contributed by atoms with Gasteiger partial charge in [-0.1, -0.05) is 42.2 Å². The molecule has 0 radical (unpaired) electrons. The van der Waals surface area contributed by atoms with Gasteiger partial charge in [-0.3, -0.25) is 4.90 Å². The van der Waals surface area contributed by atoms with Crippen LogP contribution < -0.4 is 4.74 Å². The molecule has 0 bridgehead atoms. The van der Waals surface area contributed by atoms with Gasteiger partial charge in [0.25, 0.3) is 0 Å². The number of thioether (sulfide) groups is 1. The summed E-state index contributed by atoms with van der Waals surface area (Å²) in [5, 5.41) is 29.4. The van der Waals surface area contributed by atoms with Gasteiger partial charge in [-0.15, -0.1) is 0 Å². The van der Waals surface area contributed by atoms with E-state index in [1.165, 1.54) is 6.07 Å². The Balaban J connectivity index is 1.39. The third-order valence-electron chi connectivity index (χ3n) is 5.45. The van der Waals surface area contributed by atoms with Crippen molar-refractivity contribution in [2.24, 2.45) is 0 Å². The van der Waals surface area contributed by atoms with Crippen molar-refractivity contribution < 1.29 is 20.1 Å². The molecule has 1 heterocycles. The predicted octanol–water partition coefficient (Wildman–Crippen LogP) is 4.79. The van der Waals surface area contributed by atoms with Crippen LogP contribution in [0.1, 0.15) is 31.4 Å². The van der Waals surface area contributed by atoms with Gasteiger partial charge < -0.3 is 25.0 Å². The highest BCUT2D eigenvalue weighted by Crippen LogP contribution is 2.28. The first-order valence-corrected chi connectivity index (χ1v) is 12.5. The predicted molar refractivity (Wildman–Crippen MR) is 140 cm³/mol. The molecule has 2 aromatic rings. The Kier molecular flexibility index (Phi) is 9.29. The SMILES string of the molecule is CC(C)N1CCN(C(=S)SCCCOc2ccc(/C=C/c3cc(O)cc(O)c3)cc2O)CC1. The Morgan fingerprint density at radius 2 is 1.67 bits per heavy atom. The maximum atomic E-state index is 10.3. The molecule has 0 saturated carbocycles. The highest BCUT2D eigenvalue weighted by atomic mass is 32.2. The molecule has 0 spiro atoms. The Bertz CT molecular complexity index is 953. The van der Waals surface area contributed by atoms with Gasteiger partial charge in [-0.2, -0.15) is 0 Å². The topological polar surface area (TPSA) is 76.4 Å². The molecule has 2 aromatic carbocycles. The number of aromatic hydroxyl groups is 3. The van der Waals surface area contributed by atoms with Gasteiger partial charge in [0.1, 0.15) is 15.8 Å². The maximum Gasteiger partial charge on any atom is 0.160 e. The summed E-state index contributed by atoms with van der Waals surface area (Å²) in [6.07, 6.45) is 4.37. The molecule has 178 valence electrons. The number of ether oxygens (including phenoxy) is 1. The van der Waals surface area contributed by atoms with E-state index < -0.39 is 0 Å². The van der Waals surface area contributed by atoms with Crippen LogP contribution in [0.5, 0.6) is 23.0 Å². The van der Waals surface area contributed by atoms with E-state index in [0.717, 1.165) is 48.2 Å². The van der Waals surface area contributed by atoms with Crippen LogP contribution in [-0.2, 0) is 0 Å². The average molecular weight is 489 g/mol. The molecule has 0 amide bonds. The summed E-state index contributed by atoms with van der Waals surface area (Å²) in [5.41, 5.74) is 1.44. The fraction of sp³-hybridized carbons (Fsp3) is 0.400. The summed E-state index contributed by atoms with van der Waals surface area (Å²) in [5.74, 6) is 1.38. The molecule has 1 fully saturated rings. The lowest BCUT2D eigenvalue weighted by molar-refractivity contribution is 0.151. The van der Waals surface area contributed by atoms with Crippen LogP contribution >= 0.6 is 24.0 Å². The molecule has 33 heavy (non-hydrogen) atoms. The summed E-state index contributed by atoms with van der Waals surface area (Å²) in [7, 11) is 0. The smallest absolute Gasteiger partial charge is 0.160 e. The molecule has 6 nitrogen and oxygen atoms in total. The van der Waals surface area contributed by atoms with Gasteiger partial charge in [0, 0.05) is 44.0 Å². The highest BCUT2D eigenvalue weighted by Gasteiger charge is 2.20. The Labute approximate surface area is 205 Å². The largest absolute Gasteiger partial charge is 0.508 e. The summed E-state index contributed by atoms with van der Waals surface area (Å²) >= 11 is 7.28. The molecule has 0 aromatic heterocycles. The third-order valence-corrected chi connectivity index (χ3v) is 7.06. The van der Waals surface area contributed by atoms with Gasteiger partial charge in [0.15, 0.2) is 11.5 Å². The van der Waals surface area contributed by atoms with E-state index in [1.807, 2.05) is 6.07 Å². The number of piperazine rings is 1. The highest BCUT2D eigenvalue weighted by molar-refractivity contribution is 8.22. The molecule has 1 saturated heterocycles. The molecule has 1 aliphatic heterocycles. The average Bonchev–Trinajstić information content (AvgIpc) is 2.78. The number of hydrogen-bond acceptors (Lipinski definition) is 7. The third kappa shape index (κ3) is 7.84. The van der Waals surface area contributed by atoms with Gasteiger partial charge >= 0.3 is 0 Å². The van der Waals surface area contributed by atoms with Crippen LogP contribution in [0.2, 0.25) is 0 Å². The van der Waals surface area contributed by atoms with E-state index >= 15 is 0 Å². The van der Waals surface area contributed by atoms with Crippen LogP contribution in [0.3, 0.4) is 0 Å². The fourth-order valence-corrected chi connectivity index (χ4v) is 4.81. The summed E-state index contributed by atoms with van der Waals surface area (Å²) in [4.78, 5) is 4.76. The first kappa shape index (κ1) is 25.2. The maximum absolute atomic E-state index is 10.3. The second kappa shape index (κ2) is 12.2. The van der Waals surface area contributed by atoms with Crippen LogP contribution in [0.15, 0.2) is 36.4 Å². The van der Waals surface area contributed by atoms with Crippen molar-refractivity contribution in [3.63, 3.8) is 0 Å². The molecule has 0 atom stereocenters. The minimum atomic E-state index is -0.00568. The lowest BCUT2D eigenvalue weighted by Crippen LogP contribution is -2.49. The molecule has 3 N–H and O–H groups in total. The molecule has 0 unspecified atom stereocenters. The number of nitrogens with zero attached hydrogens (tertiary/aromatic N) is 2. The van der Waals surface area contributed by atoms with Crippen molar-refractivity contribution in [2.45, 2.75) is 26.3 Å². The van der Waals surface area contributed by atoms with E-state index in [2.05, 4.69) is 23.6 Å². The van der Waals surface area contributed by atoms with Crippen molar-refractivity contribution in [2.75, 3.05) is 38.5 Å². The summed E-state index contributed by atoms with van der Waals surface area (Å²) < 4.78 is 6.69. The van der Waals surface area contributed by atoms with Crippen LogP contribution in [0, 0.1) is 0 Å². The molecule has 3 rings (SSSR count). The number of thiocarbonyl (C=S) groups is 1. The Morgan fingerprint density at radius 3 is 2.30 bits per heavy atom. The zero-order valence-corrected chi connectivity index (χ0v) is 20.7. The number of hydrogen-bond donors (Lipinski definition) is 3. The van der Waals surface area contributed by atoms with Crippen LogP contribution in [0.4, 0.5) is 0 Å².